The molecule has 0 aliphatic carbocycles. The van der Waals surface area contributed by atoms with E-state index in [0.29, 0.717) is 10.0 Å². The van der Waals surface area contributed by atoms with Crippen molar-refractivity contribution in [2.24, 2.45) is 5.41 Å². The Bertz CT molecular complexity index is 393. The number of hydrogen-bond donors (Lipinski definition) is 2. The van der Waals surface area contributed by atoms with Crippen LogP contribution in [0.1, 0.15) is 38.8 Å². The van der Waals surface area contributed by atoms with Crippen molar-refractivity contribution in [3.63, 3.8) is 0 Å². The number of aliphatic hydroxyl groups is 1. The molecule has 1 atom stereocenters. The Morgan fingerprint density at radius 2 is 2.00 bits per heavy atom. The smallest absolute Gasteiger partial charge is 0.0639 e. The van der Waals surface area contributed by atoms with Crippen molar-refractivity contribution >= 4 is 23.2 Å². The molecule has 0 aliphatic heterocycles. The Morgan fingerprint density at radius 3 is 2.61 bits per heavy atom. The molecule has 0 aliphatic rings. The third-order valence-corrected chi connectivity index (χ3v) is 3.96. The molecule has 1 rings (SSSR count). The number of benzene rings is 1. The van der Waals surface area contributed by atoms with Crippen LogP contribution in [-0.4, -0.2) is 18.3 Å². The molecule has 0 heterocycles. The van der Waals surface area contributed by atoms with E-state index in [1.165, 1.54) is 0 Å². The molecule has 4 heteroatoms. The van der Waals surface area contributed by atoms with E-state index in [1.54, 1.807) is 6.07 Å². The second-order valence-electron chi connectivity index (χ2n) is 5.38. The lowest BCUT2D eigenvalue weighted by molar-refractivity contribution is 0.204. The molecule has 0 aromatic heterocycles. The molecule has 1 aromatic rings. The van der Waals surface area contributed by atoms with Crippen LogP contribution in [0, 0.1) is 5.41 Å². The molecule has 2 nitrogen and oxygen atoms in total. The number of hydrogen-bond acceptors (Lipinski definition) is 2. The Kier molecular flexibility index (Phi) is 5.93. The highest BCUT2D eigenvalue weighted by Gasteiger charge is 2.19. The molecule has 0 fully saturated rings. The molecule has 0 spiro atoms. The average Bonchev–Trinajstić information content (AvgIpc) is 2.30. The molecular formula is C14H21Cl2NO. The van der Waals surface area contributed by atoms with Gasteiger partial charge in [0, 0.05) is 19.2 Å². The van der Waals surface area contributed by atoms with E-state index >= 15 is 0 Å². The quantitative estimate of drug-likeness (QED) is 0.828. The number of aliphatic hydroxyl groups excluding tert-OH is 1. The van der Waals surface area contributed by atoms with Gasteiger partial charge in [0.05, 0.1) is 10.0 Å². The van der Waals surface area contributed by atoms with Gasteiger partial charge in [-0.1, -0.05) is 49.2 Å². The van der Waals surface area contributed by atoms with Crippen LogP contribution in [0.5, 0.6) is 0 Å². The molecule has 1 unspecified atom stereocenters. The van der Waals surface area contributed by atoms with E-state index in [1.807, 2.05) is 12.1 Å². The lowest BCUT2D eigenvalue weighted by Crippen LogP contribution is -2.32. The van der Waals surface area contributed by atoms with Crippen molar-refractivity contribution in [3.05, 3.63) is 33.8 Å². The fraction of sp³-hybridized carbons (Fsp3) is 0.571. The second-order valence-corrected chi connectivity index (χ2v) is 6.17. The van der Waals surface area contributed by atoms with Crippen LogP contribution in [0.15, 0.2) is 18.2 Å². The summed E-state index contributed by atoms with van der Waals surface area (Å²) in [6.45, 7) is 7.34. The second kappa shape index (κ2) is 6.76. The van der Waals surface area contributed by atoms with Crippen LogP contribution >= 0.6 is 23.2 Å². The summed E-state index contributed by atoms with van der Waals surface area (Å²) in [6, 6.07) is 5.80. The normalized spacial score (nSPS) is 13.7. The fourth-order valence-electron chi connectivity index (χ4n) is 1.79. The van der Waals surface area contributed by atoms with Crippen molar-refractivity contribution in [2.45, 2.75) is 33.2 Å². The number of nitrogens with one attached hydrogen (secondary N) is 1. The Hall–Kier alpha value is -0.280. The van der Waals surface area contributed by atoms with E-state index in [4.69, 9.17) is 28.3 Å². The lowest BCUT2D eigenvalue weighted by Gasteiger charge is -2.27. The van der Waals surface area contributed by atoms with Gasteiger partial charge in [-0.3, -0.25) is 0 Å². The van der Waals surface area contributed by atoms with Crippen molar-refractivity contribution in [2.75, 3.05) is 13.2 Å². The minimum Gasteiger partial charge on any atom is -0.396 e. The summed E-state index contributed by atoms with van der Waals surface area (Å²) in [7, 11) is 0. The van der Waals surface area contributed by atoms with E-state index < -0.39 is 0 Å². The van der Waals surface area contributed by atoms with Crippen molar-refractivity contribution in [1.29, 1.82) is 0 Å². The minimum absolute atomic E-state index is 0.0636. The van der Waals surface area contributed by atoms with Crippen LogP contribution in [0.2, 0.25) is 10.0 Å². The van der Waals surface area contributed by atoms with E-state index in [2.05, 4.69) is 26.1 Å². The maximum absolute atomic E-state index is 9.00. The average molecular weight is 290 g/mol. The third-order valence-electron chi connectivity index (χ3n) is 3.12. The molecule has 18 heavy (non-hydrogen) atoms. The maximum atomic E-state index is 9.00. The maximum Gasteiger partial charge on any atom is 0.0639 e. The molecular weight excluding hydrogens is 269 g/mol. The van der Waals surface area contributed by atoms with E-state index in [-0.39, 0.29) is 18.1 Å². The summed E-state index contributed by atoms with van der Waals surface area (Å²) in [5, 5.41) is 13.6. The van der Waals surface area contributed by atoms with Crippen molar-refractivity contribution in [1.82, 2.24) is 5.32 Å². The van der Waals surface area contributed by atoms with Crippen LogP contribution in [0.3, 0.4) is 0 Å². The summed E-state index contributed by atoms with van der Waals surface area (Å²) < 4.78 is 0. The molecule has 0 saturated carbocycles. The van der Waals surface area contributed by atoms with Gasteiger partial charge in [0.2, 0.25) is 0 Å². The molecule has 2 N–H and O–H groups in total. The fourth-order valence-corrected chi connectivity index (χ4v) is 2.26. The minimum atomic E-state index is 0.0636. The molecule has 0 bridgehead atoms. The highest BCUT2D eigenvalue weighted by atomic mass is 35.5. The SMILES string of the molecule is CC(NCC(C)(C)CCO)c1cccc(Cl)c1Cl. The zero-order valence-corrected chi connectivity index (χ0v) is 12.6. The number of rotatable bonds is 6. The predicted molar refractivity (Wildman–Crippen MR) is 78.4 cm³/mol. The zero-order valence-electron chi connectivity index (χ0n) is 11.1. The Balaban J connectivity index is 2.66. The van der Waals surface area contributed by atoms with Crippen LogP contribution in [-0.2, 0) is 0 Å². The third kappa shape index (κ3) is 4.43. The predicted octanol–water partition coefficient (Wildman–Crippen LogP) is 4.05. The van der Waals surface area contributed by atoms with Crippen molar-refractivity contribution < 1.29 is 5.11 Å². The standard InChI is InChI=1S/C14H21Cl2NO/c1-10(17-9-14(2,3)7-8-18)11-5-4-6-12(15)13(11)16/h4-6,10,17-18H,7-9H2,1-3H3. The first-order chi connectivity index (χ1) is 8.37. The van der Waals surface area contributed by atoms with Crippen LogP contribution < -0.4 is 5.32 Å². The molecule has 0 radical (unpaired) electrons. The summed E-state index contributed by atoms with van der Waals surface area (Å²) in [5.41, 5.74) is 1.07. The highest BCUT2D eigenvalue weighted by molar-refractivity contribution is 6.42. The first kappa shape index (κ1) is 15.8. The van der Waals surface area contributed by atoms with Gasteiger partial charge < -0.3 is 10.4 Å². The van der Waals surface area contributed by atoms with Crippen LogP contribution in [0.4, 0.5) is 0 Å². The highest BCUT2D eigenvalue weighted by Crippen LogP contribution is 2.30. The first-order valence-corrected chi connectivity index (χ1v) is 6.91. The van der Waals surface area contributed by atoms with Gasteiger partial charge in [0.15, 0.2) is 0 Å². The topological polar surface area (TPSA) is 32.3 Å². The van der Waals surface area contributed by atoms with Gasteiger partial charge in [0.25, 0.3) is 0 Å². The van der Waals surface area contributed by atoms with Gasteiger partial charge in [-0.25, -0.2) is 0 Å². The summed E-state index contributed by atoms with van der Waals surface area (Å²) in [5.74, 6) is 0. The van der Waals surface area contributed by atoms with Crippen LogP contribution in [0.25, 0.3) is 0 Å². The Morgan fingerprint density at radius 1 is 1.33 bits per heavy atom. The molecule has 0 amide bonds. The zero-order chi connectivity index (χ0) is 13.8. The van der Waals surface area contributed by atoms with Gasteiger partial charge in [-0.05, 0) is 30.4 Å². The molecule has 0 saturated heterocycles. The molecule has 1 aromatic carbocycles. The number of halogens is 2. The van der Waals surface area contributed by atoms with E-state index in [9.17, 15) is 0 Å². The largest absolute Gasteiger partial charge is 0.396 e. The van der Waals surface area contributed by atoms with Crippen molar-refractivity contribution in [3.8, 4) is 0 Å². The van der Waals surface area contributed by atoms with Gasteiger partial charge in [-0.2, -0.15) is 0 Å². The Labute approximate surface area is 119 Å². The van der Waals surface area contributed by atoms with Gasteiger partial charge >= 0.3 is 0 Å². The summed E-state index contributed by atoms with van der Waals surface area (Å²) in [4.78, 5) is 0. The molecule has 102 valence electrons. The first-order valence-electron chi connectivity index (χ1n) is 6.15. The van der Waals surface area contributed by atoms with Gasteiger partial charge in [0.1, 0.15) is 0 Å². The monoisotopic (exact) mass is 289 g/mol. The lowest BCUT2D eigenvalue weighted by atomic mass is 9.89. The van der Waals surface area contributed by atoms with Gasteiger partial charge in [-0.15, -0.1) is 0 Å². The summed E-state index contributed by atoms with van der Waals surface area (Å²) in [6.07, 6.45) is 0.774. The summed E-state index contributed by atoms with van der Waals surface area (Å²) >= 11 is 12.2. The van der Waals surface area contributed by atoms with E-state index in [0.717, 1.165) is 18.5 Å².